The molecule has 1 atom stereocenters. The average Bonchev–Trinajstić information content (AvgIpc) is 2.81. The predicted octanol–water partition coefficient (Wildman–Crippen LogP) is 3.13. The first-order chi connectivity index (χ1) is 15.9. The number of carbonyl (C=O) groups excluding carboxylic acids is 1. The molecule has 0 bridgehead atoms. The van der Waals surface area contributed by atoms with Crippen LogP contribution in [0.15, 0.2) is 61.3 Å². The maximum absolute atomic E-state index is 14.4. The lowest BCUT2D eigenvalue weighted by molar-refractivity contribution is -0.413. The summed E-state index contributed by atoms with van der Waals surface area (Å²) < 4.78 is 20.0. The van der Waals surface area contributed by atoms with E-state index in [0.29, 0.717) is 41.7 Å². The molecule has 0 saturated carbocycles. The minimum Gasteiger partial charge on any atom is -0.836 e. The minimum absolute atomic E-state index is 0.0456. The summed E-state index contributed by atoms with van der Waals surface area (Å²) in [5.41, 5.74) is 2.33. The Morgan fingerprint density at radius 1 is 1.24 bits per heavy atom. The largest absolute Gasteiger partial charge is 0.836 e. The molecular formula is C23H22FN6O3-. The Kier molecular flexibility index (Phi) is 6.36. The topological polar surface area (TPSA) is 114 Å². The number of nitrogens with one attached hydrogen (secondary N) is 3. The number of hydrogen-bond donors (Lipinski definition) is 3. The fourth-order valence-electron chi connectivity index (χ4n) is 3.34. The summed E-state index contributed by atoms with van der Waals surface area (Å²) in [6, 6.07) is 12.0. The number of fused-ring (bicyclic) bond motifs is 1. The van der Waals surface area contributed by atoms with Gasteiger partial charge < -0.3 is 30.7 Å². The highest BCUT2D eigenvalue weighted by molar-refractivity contribution is 5.99. The van der Waals surface area contributed by atoms with Gasteiger partial charge >= 0.3 is 0 Å². The van der Waals surface area contributed by atoms with Crippen LogP contribution >= 0.6 is 0 Å². The van der Waals surface area contributed by atoms with Crippen LogP contribution < -0.4 is 30.7 Å². The summed E-state index contributed by atoms with van der Waals surface area (Å²) >= 11 is 0. The second-order valence-corrected chi connectivity index (χ2v) is 7.24. The van der Waals surface area contributed by atoms with Gasteiger partial charge in [0.2, 0.25) is 11.9 Å². The number of carbonyl (C=O) groups is 1. The molecule has 0 aliphatic carbocycles. The second kappa shape index (κ2) is 9.53. The van der Waals surface area contributed by atoms with Gasteiger partial charge in [-0.25, -0.2) is 9.37 Å². The molecule has 0 fully saturated rings. The summed E-state index contributed by atoms with van der Waals surface area (Å²) in [5, 5.41) is 20.6. The van der Waals surface area contributed by atoms with Crippen LogP contribution in [0.2, 0.25) is 0 Å². The molecule has 1 aliphatic rings. The van der Waals surface area contributed by atoms with Crippen LogP contribution in [0.3, 0.4) is 0 Å². The summed E-state index contributed by atoms with van der Waals surface area (Å²) in [6.07, 6.45) is 1.29. The van der Waals surface area contributed by atoms with Crippen LogP contribution in [0.5, 0.6) is 5.75 Å². The van der Waals surface area contributed by atoms with E-state index in [2.05, 4.69) is 32.5 Å². The Balaban J connectivity index is 1.54. The molecule has 0 saturated heterocycles. The fourth-order valence-corrected chi connectivity index (χ4v) is 3.34. The van der Waals surface area contributed by atoms with Gasteiger partial charge in [0.15, 0.2) is 11.6 Å². The lowest BCUT2D eigenvalue weighted by Crippen LogP contribution is -2.46. The highest BCUT2D eigenvalue weighted by Gasteiger charge is 2.19. The lowest BCUT2D eigenvalue weighted by atomic mass is 10.2. The quantitative estimate of drug-likeness (QED) is 0.472. The van der Waals surface area contributed by atoms with Crippen molar-refractivity contribution in [2.75, 3.05) is 34.0 Å². The van der Waals surface area contributed by atoms with Crippen molar-refractivity contribution in [3.8, 4) is 5.75 Å². The standard InChI is InChI=1S/C23H22FN6O3/c1-3-21(32)26-15-5-4-6-16(11-15)27-22-18(24)13-25-23(29-22)28-17-7-8-20-19(12-17)30(14(2)31)9-10-33-20/h3-8,11-14H,1,9-10H2,2H3,(H,26,32)(H2,25,27,28,29)/q-1. The van der Waals surface area contributed by atoms with Gasteiger partial charge in [0.1, 0.15) is 12.4 Å². The molecule has 9 nitrogen and oxygen atoms in total. The van der Waals surface area contributed by atoms with E-state index in [9.17, 15) is 14.3 Å². The smallest absolute Gasteiger partial charge is 0.247 e. The first-order valence-corrected chi connectivity index (χ1v) is 10.2. The Bertz CT molecular complexity index is 1190. The number of hydrogen-bond acceptors (Lipinski definition) is 8. The van der Waals surface area contributed by atoms with E-state index in [4.69, 9.17) is 4.74 Å². The summed E-state index contributed by atoms with van der Waals surface area (Å²) in [6.45, 7) is 5.93. The molecule has 2 aromatic carbocycles. The van der Waals surface area contributed by atoms with Gasteiger partial charge in [0.25, 0.3) is 0 Å². The molecule has 1 aromatic heterocycles. The Labute approximate surface area is 189 Å². The molecule has 10 heteroatoms. The maximum atomic E-state index is 14.4. The van der Waals surface area contributed by atoms with Crippen molar-refractivity contribution in [1.82, 2.24) is 9.97 Å². The molecule has 3 N–H and O–H groups in total. The van der Waals surface area contributed by atoms with Crippen LogP contribution in [0.1, 0.15) is 6.92 Å². The highest BCUT2D eigenvalue weighted by atomic mass is 19.1. The third-order valence-corrected chi connectivity index (χ3v) is 4.88. The molecule has 1 amide bonds. The first kappa shape index (κ1) is 22.0. The first-order valence-electron chi connectivity index (χ1n) is 10.2. The van der Waals surface area contributed by atoms with Crippen LogP contribution in [-0.4, -0.2) is 35.3 Å². The number of rotatable bonds is 7. The molecule has 0 spiro atoms. The summed E-state index contributed by atoms with van der Waals surface area (Å²) in [7, 11) is 0. The molecule has 1 unspecified atom stereocenters. The summed E-state index contributed by atoms with van der Waals surface area (Å²) in [5.74, 6) is -0.261. The van der Waals surface area contributed by atoms with Gasteiger partial charge in [-0.05, 0) is 42.5 Å². The van der Waals surface area contributed by atoms with Crippen molar-refractivity contribution in [3.05, 3.63) is 67.1 Å². The Morgan fingerprint density at radius 3 is 2.82 bits per heavy atom. The van der Waals surface area contributed by atoms with E-state index >= 15 is 0 Å². The molecule has 33 heavy (non-hydrogen) atoms. The van der Waals surface area contributed by atoms with Crippen molar-refractivity contribution >= 4 is 40.4 Å². The van der Waals surface area contributed by atoms with Crippen LogP contribution in [0.25, 0.3) is 0 Å². The molecule has 0 radical (unpaired) electrons. The normalized spacial score (nSPS) is 13.4. The monoisotopic (exact) mass is 449 g/mol. The van der Waals surface area contributed by atoms with Gasteiger partial charge in [0, 0.05) is 17.1 Å². The third kappa shape index (κ3) is 5.18. The van der Waals surface area contributed by atoms with Gasteiger partial charge in [-0.15, -0.1) is 0 Å². The SMILES string of the molecule is C=CC(=O)Nc1cccc(Nc2nc(Nc3ccc4c(c3)N(C(C)[O-])CCO4)ncc2F)c1. The van der Waals surface area contributed by atoms with Gasteiger partial charge in [-0.1, -0.05) is 25.8 Å². The Morgan fingerprint density at radius 2 is 2.03 bits per heavy atom. The molecule has 170 valence electrons. The lowest BCUT2D eigenvalue weighted by Gasteiger charge is -2.39. The zero-order valence-electron chi connectivity index (χ0n) is 17.8. The van der Waals surface area contributed by atoms with Gasteiger partial charge in [-0.2, -0.15) is 4.98 Å². The van der Waals surface area contributed by atoms with E-state index < -0.39 is 12.0 Å². The third-order valence-electron chi connectivity index (χ3n) is 4.88. The van der Waals surface area contributed by atoms with Gasteiger partial charge in [-0.3, -0.25) is 4.79 Å². The van der Waals surface area contributed by atoms with Crippen molar-refractivity contribution in [2.24, 2.45) is 0 Å². The fraction of sp³-hybridized carbons (Fsp3) is 0.174. The van der Waals surface area contributed by atoms with E-state index in [1.165, 1.54) is 0 Å². The number of ether oxygens (including phenoxy) is 1. The van der Waals surface area contributed by atoms with Gasteiger partial charge in [0.05, 0.1) is 18.4 Å². The molecule has 3 aromatic rings. The minimum atomic E-state index is -0.923. The zero-order valence-corrected chi connectivity index (χ0v) is 17.8. The van der Waals surface area contributed by atoms with Crippen LogP contribution in [0, 0.1) is 5.82 Å². The highest BCUT2D eigenvalue weighted by Crippen LogP contribution is 2.35. The van der Waals surface area contributed by atoms with E-state index in [-0.39, 0.29) is 17.7 Å². The second-order valence-electron chi connectivity index (χ2n) is 7.24. The van der Waals surface area contributed by atoms with Crippen molar-refractivity contribution in [3.63, 3.8) is 0 Å². The number of halogens is 1. The van der Waals surface area contributed by atoms with Crippen molar-refractivity contribution in [2.45, 2.75) is 13.2 Å². The van der Waals surface area contributed by atoms with Crippen molar-refractivity contribution in [1.29, 1.82) is 0 Å². The van der Waals surface area contributed by atoms with E-state index in [1.807, 2.05) is 0 Å². The molecule has 2 heterocycles. The number of aromatic nitrogens is 2. The predicted molar refractivity (Wildman–Crippen MR) is 123 cm³/mol. The van der Waals surface area contributed by atoms with E-state index in [1.54, 1.807) is 54.3 Å². The van der Waals surface area contributed by atoms with Crippen LogP contribution in [-0.2, 0) is 4.79 Å². The number of anilines is 6. The maximum Gasteiger partial charge on any atom is 0.247 e. The molecule has 4 rings (SSSR count). The zero-order chi connectivity index (χ0) is 23.4. The number of benzene rings is 2. The molecular weight excluding hydrogens is 427 g/mol. The number of nitrogens with zero attached hydrogens (tertiary/aromatic N) is 3. The number of amides is 1. The Hall–Kier alpha value is -4.18. The summed E-state index contributed by atoms with van der Waals surface area (Å²) in [4.78, 5) is 21.4. The van der Waals surface area contributed by atoms with Crippen molar-refractivity contribution < 1.29 is 19.0 Å². The van der Waals surface area contributed by atoms with E-state index in [0.717, 1.165) is 12.3 Å². The average molecular weight is 449 g/mol. The van der Waals surface area contributed by atoms with Crippen LogP contribution in [0.4, 0.5) is 38.9 Å². The molecule has 1 aliphatic heterocycles.